The van der Waals surface area contributed by atoms with E-state index in [2.05, 4.69) is 30.9 Å². The third-order valence-corrected chi connectivity index (χ3v) is 13.8. The predicted molar refractivity (Wildman–Crippen MR) is 299 cm³/mol. The molecule has 36 nitrogen and oxygen atoms in total. The second-order valence-electron chi connectivity index (χ2n) is 21.5. The molecule has 0 N–H and O–H groups in total. The van der Waals surface area contributed by atoms with Gasteiger partial charge in [0.15, 0.2) is 54.9 Å². The number of carbonyl (C=O) groups is 12. The third-order valence-electron chi connectivity index (χ3n) is 13.8. The molecule has 3 saturated heterocycles. The SMILES string of the molecule is CC(=O)OC[C@H]1O[C@@H](Cn2cc(-c3cc(-c4cn(C[C@@H]5O[C@H](COC(C)=O)[C@@H](OC(C)=O)[C@H](OC(C)=O)[C@H]5OC(C)=O)nn4)cc(-c4cn(C[C@@H]5O[C@H](COC(C)=O)[C@@H](OC(C)=O)[C@H](OC(C)=O)[C@H]5OC(C)=O)nn4)c3)nn2)[C@H](OC(C)=O)[C@@H](OC(C)=O)[C@@H]1OC(C)=O. The van der Waals surface area contributed by atoms with Crippen molar-refractivity contribution in [2.24, 2.45) is 0 Å². The van der Waals surface area contributed by atoms with Crippen molar-refractivity contribution in [2.45, 2.75) is 194 Å². The van der Waals surface area contributed by atoms with E-state index in [1.54, 1.807) is 18.2 Å². The van der Waals surface area contributed by atoms with Gasteiger partial charge < -0.3 is 71.1 Å². The number of hydrogen-bond acceptors (Lipinski definition) is 33. The molecule has 0 amide bonds. The van der Waals surface area contributed by atoms with E-state index in [1.807, 2.05) is 0 Å². The van der Waals surface area contributed by atoms with Crippen LogP contribution in [0.1, 0.15) is 83.1 Å². The zero-order valence-corrected chi connectivity index (χ0v) is 52.4. The maximum atomic E-state index is 12.7. The lowest BCUT2D eigenvalue weighted by Gasteiger charge is -2.44. The van der Waals surface area contributed by atoms with Crippen molar-refractivity contribution < 1.29 is 129 Å². The molecule has 0 radical (unpaired) electrons. The average Bonchev–Trinajstić information content (AvgIpc) is 1.37. The molecule has 3 aliphatic heterocycles. The Labute approximate surface area is 528 Å². The van der Waals surface area contributed by atoms with Gasteiger partial charge in [-0.05, 0) is 18.2 Å². The molecule has 0 bridgehead atoms. The topological polar surface area (TPSA) is 435 Å². The van der Waals surface area contributed by atoms with Gasteiger partial charge in [0.1, 0.15) is 73.5 Å². The minimum atomic E-state index is -1.49. The van der Waals surface area contributed by atoms with Gasteiger partial charge in [0.05, 0.1) is 38.2 Å². The van der Waals surface area contributed by atoms with Crippen LogP contribution in [0, 0.1) is 0 Å². The van der Waals surface area contributed by atoms with Gasteiger partial charge in [0, 0.05) is 99.8 Å². The number of hydrogen-bond donors (Lipinski definition) is 0. The standard InChI is InChI=1S/C57H69N9O27/c1-25(67)79-22-46-52(85-31(7)73)55(88-34(10)76)49(82-28(4)70)43(91-46)19-64-16-40(58-61-64)37-13-38(41-17-65(62-59-41)20-44-50(83-29(5)71)56(89-35(11)77)53(86-32(8)74)47(92-44)23-80-26(2)68)15-39(14-37)42-18-66(63-60-42)21-45-51(84-30(6)72)57(90-36(12)78)54(87-33(9)75)48(93-45)24-81-27(3)69/h13-18,43-57H,19-24H2,1-12H3/t43-,44-,45-,46+,47+,48+,49-,50-,51-,52+,53+,54+,55+,56+,57+/m0/s1. The van der Waals surface area contributed by atoms with Crippen LogP contribution in [0.15, 0.2) is 36.8 Å². The molecule has 3 aliphatic rings. The zero-order valence-electron chi connectivity index (χ0n) is 52.4. The summed E-state index contributed by atoms with van der Waals surface area (Å²) in [7, 11) is 0. The van der Waals surface area contributed by atoms with Crippen LogP contribution < -0.4 is 0 Å². The molecule has 6 heterocycles. The molecule has 504 valence electrons. The van der Waals surface area contributed by atoms with Gasteiger partial charge in [-0.1, -0.05) is 15.6 Å². The fourth-order valence-corrected chi connectivity index (χ4v) is 10.6. The highest BCUT2D eigenvalue weighted by Crippen LogP contribution is 2.36. The summed E-state index contributed by atoms with van der Waals surface area (Å²) in [5.74, 6) is -9.69. The highest BCUT2D eigenvalue weighted by atomic mass is 16.7. The number of nitrogens with zero attached hydrogens (tertiary/aromatic N) is 9. The summed E-state index contributed by atoms with van der Waals surface area (Å²) in [6.45, 7) is 10.8. The first kappa shape index (κ1) is 70.6. The molecule has 0 spiro atoms. The largest absolute Gasteiger partial charge is 0.463 e. The van der Waals surface area contributed by atoms with Crippen molar-refractivity contribution in [3.05, 3.63) is 36.8 Å². The van der Waals surface area contributed by atoms with Gasteiger partial charge in [-0.3, -0.25) is 57.5 Å². The van der Waals surface area contributed by atoms with Gasteiger partial charge in [0.25, 0.3) is 0 Å². The van der Waals surface area contributed by atoms with Crippen LogP contribution in [0.2, 0.25) is 0 Å². The molecule has 7 rings (SSSR count). The van der Waals surface area contributed by atoms with Gasteiger partial charge in [-0.25, -0.2) is 14.0 Å². The Balaban J connectivity index is 1.31. The Hall–Kier alpha value is -9.84. The fourth-order valence-electron chi connectivity index (χ4n) is 10.6. The lowest BCUT2D eigenvalue weighted by Crippen LogP contribution is -2.63. The van der Waals surface area contributed by atoms with Crippen molar-refractivity contribution in [3.63, 3.8) is 0 Å². The number of carbonyl (C=O) groups excluding carboxylic acids is 12. The van der Waals surface area contributed by atoms with E-state index in [1.165, 1.54) is 32.6 Å². The summed E-state index contributed by atoms with van der Waals surface area (Å²) >= 11 is 0. The lowest BCUT2D eigenvalue weighted by atomic mass is 9.94. The fraction of sp³-hybridized carbons (Fsp3) is 0.579. The number of benzene rings is 1. The second kappa shape index (κ2) is 31.5. The second-order valence-corrected chi connectivity index (χ2v) is 21.5. The van der Waals surface area contributed by atoms with Crippen molar-refractivity contribution in [2.75, 3.05) is 19.8 Å². The van der Waals surface area contributed by atoms with E-state index in [-0.39, 0.29) is 36.7 Å². The number of esters is 12. The Bertz CT molecular complexity index is 3080. The normalized spacial score (nSPS) is 25.7. The molecule has 93 heavy (non-hydrogen) atoms. The Kier molecular flexibility index (Phi) is 23.9. The molecule has 0 saturated carbocycles. The van der Waals surface area contributed by atoms with Crippen molar-refractivity contribution in [1.82, 2.24) is 45.0 Å². The number of rotatable bonds is 24. The maximum absolute atomic E-state index is 12.7. The third kappa shape index (κ3) is 19.6. The summed E-state index contributed by atoms with van der Waals surface area (Å²) in [6.07, 6.45) is -16.3. The molecular weight excluding hydrogens is 1240 g/mol. The van der Waals surface area contributed by atoms with Crippen LogP contribution in [0.25, 0.3) is 33.8 Å². The molecule has 0 unspecified atom stereocenters. The smallest absolute Gasteiger partial charge is 0.303 e. The molecule has 4 aromatic rings. The van der Waals surface area contributed by atoms with E-state index < -0.39 is 183 Å². The Morgan fingerprint density at radius 3 is 0.688 bits per heavy atom. The van der Waals surface area contributed by atoms with Crippen LogP contribution in [-0.4, -0.2) is 228 Å². The van der Waals surface area contributed by atoms with Crippen LogP contribution >= 0.6 is 0 Å². The molecule has 0 aliphatic carbocycles. The quantitative estimate of drug-likeness (QED) is 0.0649. The van der Waals surface area contributed by atoms with Crippen LogP contribution in [-0.2, 0) is 148 Å². The zero-order chi connectivity index (χ0) is 68.1. The van der Waals surface area contributed by atoms with Gasteiger partial charge >= 0.3 is 71.6 Å². The van der Waals surface area contributed by atoms with Gasteiger partial charge in [0.2, 0.25) is 0 Å². The molecule has 3 fully saturated rings. The first-order chi connectivity index (χ1) is 43.9. The van der Waals surface area contributed by atoms with E-state index in [4.69, 9.17) is 71.1 Å². The summed E-state index contributed by atoms with van der Waals surface area (Å²) in [5, 5.41) is 26.3. The molecule has 3 aromatic heterocycles. The highest BCUT2D eigenvalue weighted by molar-refractivity contribution is 5.78. The first-order valence-corrected chi connectivity index (χ1v) is 28.7. The molecular formula is C57H69N9O27. The Morgan fingerprint density at radius 1 is 0.301 bits per heavy atom. The van der Waals surface area contributed by atoms with Crippen molar-refractivity contribution >= 4 is 71.6 Å². The lowest BCUT2D eigenvalue weighted by molar-refractivity contribution is -0.254. The first-order valence-electron chi connectivity index (χ1n) is 28.7. The average molecular weight is 1310 g/mol. The van der Waals surface area contributed by atoms with Crippen molar-refractivity contribution in [3.8, 4) is 33.8 Å². The maximum Gasteiger partial charge on any atom is 0.303 e. The van der Waals surface area contributed by atoms with Gasteiger partial charge in [-0.15, -0.1) is 15.3 Å². The van der Waals surface area contributed by atoms with E-state index in [0.717, 1.165) is 83.1 Å². The van der Waals surface area contributed by atoms with Crippen LogP contribution in [0.4, 0.5) is 0 Å². The molecule has 36 heteroatoms. The summed E-state index contributed by atoms with van der Waals surface area (Å²) in [4.78, 5) is 149. The summed E-state index contributed by atoms with van der Waals surface area (Å²) < 4.78 is 89.0. The molecule has 15 atom stereocenters. The summed E-state index contributed by atoms with van der Waals surface area (Å²) in [5.41, 5.74) is 1.45. The highest BCUT2D eigenvalue weighted by Gasteiger charge is 2.55. The minimum absolute atomic E-state index is 0.165. The minimum Gasteiger partial charge on any atom is -0.463 e. The Morgan fingerprint density at radius 2 is 0.495 bits per heavy atom. The van der Waals surface area contributed by atoms with Crippen LogP contribution in [0.5, 0.6) is 0 Å². The number of aromatic nitrogens is 9. The molecule has 1 aromatic carbocycles. The van der Waals surface area contributed by atoms with Crippen molar-refractivity contribution in [1.29, 1.82) is 0 Å². The van der Waals surface area contributed by atoms with E-state index >= 15 is 0 Å². The predicted octanol–water partition coefficient (Wildman–Crippen LogP) is -0.161. The van der Waals surface area contributed by atoms with Gasteiger partial charge in [-0.2, -0.15) is 0 Å². The van der Waals surface area contributed by atoms with Crippen LogP contribution in [0.3, 0.4) is 0 Å². The van der Waals surface area contributed by atoms with E-state index in [0.29, 0.717) is 16.7 Å². The monoisotopic (exact) mass is 1310 g/mol. The summed E-state index contributed by atoms with van der Waals surface area (Å²) in [6, 6.07) is 4.91. The van der Waals surface area contributed by atoms with E-state index in [9.17, 15) is 57.5 Å². The number of ether oxygens (including phenoxy) is 15.